The second-order valence-corrected chi connectivity index (χ2v) is 10.4. The zero-order valence-electron chi connectivity index (χ0n) is 23.8. The van der Waals surface area contributed by atoms with Gasteiger partial charge < -0.3 is 25.0 Å². The first-order valence-electron chi connectivity index (χ1n) is 14.2. The number of carboxylic acid groups (broad SMARTS) is 1. The van der Waals surface area contributed by atoms with Crippen molar-refractivity contribution in [2.75, 3.05) is 50.6 Å². The Kier molecular flexibility index (Phi) is 13.9. The molecule has 0 spiro atoms. The van der Waals surface area contributed by atoms with Crippen LogP contribution in [0.5, 0.6) is 5.75 Å². The molecule has 1 atom stereocenters. The molecule has 2 aromatic carbocycles. The maximum Gasteiger partial charge on any atom is 0.326 e. The molecule has 38 heavy (non-hydrogen) atoms. The Balaban J connectivity index is 2.08. The van der Waals surface area contributed by atoms with Crippen molar-refractivity contribution in [1.82, 2.24) is 4.90 Å². The van der Waals surface area contributed by atoms with Gasteiger partial charge in [-0.2, -0.15) is 0 Å². The number of nitrogens with zero attached hydrogens (tertiary/aromatic N) is 2. The maximum absolute atomic E-state index is 12.6. The Morgan fingerprint density at radius 3 is 2.00 bits per heavy atom. The summed E-state index contributed by atoms with van der Waals surface area (Å²) in [4.78, 5) is 41.4. The molecule has 2 rings (SSSR count). The molecule has 0 aliphatic heterocycles. The molecule has 0 fully saturated rings. The average Bonchev–Trinajstić information content (AvgIpc) is 2.90. The lowest BCUT2D eigenvalue weighted by Gasteiger charge is -2.29. The number of anilines is 2. The van der Waals surface area contributed by atoms with E-state index in [1.54, 1.807) is 0 Å². The minimum absolute atomic E-state index is 0.147. The average molecular weight is 530 g/mol. The number of aliphatic carboxylic acids is 1. The summed E-state index contributed by atoms with van der Waals surface area (Å²) >= 11 is 0. The summed E-state index contributed by atoms with van der Waals surface area (Å²) in [5, 5.41) is 12.8. The lowest BCUT2D eigenvalue weighted by atomic mass is 10.0. The Morgan fingerprint density at radius 1 is 0.868 bits per heavy atom. The van der Waals surface area contributed by atoms with Gasteiger partial charge in [-0.15, -0.1) is 0 Å². The van der Waals surface area contributed by atoms with Crippen molar-refractivity contribution in [3.05, 3.63) is 50.3 Å². The van der Waals surface area contributed by atoms with Crippen LogP contribution in [0.1, 0.15) is 77.2 Å². The molecular weight excluding hydrogens is 482 g/mol. The van der Waals surface area contributed by atoms with E-state index in [0.29, 0.717) is 25.4 Å². The third-order valence-corrected chi connectivity index (χ3v) is 6.76. The summed E-state index contributed by atoms with van der Waals surface area (Å²) in [6, 6.07) is 6.33. The number of benzene rings is 1. The third kappa shape index (κ3) is 10.1. The Morgan fingerprint density at radius 2 is 1.47 bits per heavy atom. The van der Waals surface area contributed by atoms with Crippen molar-refractivity contribution in [2.45, 2.75) is 84.1 Å². The van der Waals surface area contributed by atoms with Crippen molar-refractivity contribution < 1.29 is 14.6 Å². The first-order valence-corrected chi connectivity index (χ1v) is 14.2. The largest absolute Gasteiger partial charge is 0.494 e. The number of nitrogens with one attached hydrogen (secondary N) is 1. The summed E-state index contributed by atoms with van der Waals surface area (Å²) < 4.78 is 5.76. The summed E-state index contributed by atoms with van der Waals surface area (Å²) in [5.74, 6) is -0.329. The van der Waals surface area contributed by atoms with E-state index < -0.39 is 22.9 Å². The molecule has 0 saturated heterocycles. The molecule has 0 bridgehead atoms. The number of hydrogen-bond acceptors (Lipinski definition) is 7. The highest BCUT2D eigenvalue weighted by molar-refractivity contribution is 5.83. The van der Waals surface area contributed by atoms with Crippen LogP contribution in [0.4, 0.5) is 11.4 Å². The SMILES string of the molecule is CCCCCCN(CCCCCC)c1c(NC(Cc2ccc(OCCCN(C)C)cc2)C(=O)O)c(=O)c1=O. The molecule has 8 nitrogen and oxygen atoms in total. The minimum atomic E-state index is -1.06. The van der Waals surface area contributed by atoms with Crippen LogP contribution >= 0.6 is 0 Å². The molecule has 0 aliphatic carbocycles. The predicted octanol–water partition coefficient (Wildman–Crippen LogP) is 4.69. The summed E-state index contributed by atoms with van der Waals surface area (Å²) in [6.07, 6.45) is 9.59. The smallest absolute Gasteiger partial charge is 0.326 e. The lowest BCUT2D eigenvalue weighted by molar-refractivity contribution is -0.137. The van der Waals surface area contributed by atoms with Crippen molar-refractivity contribution in [2.24, 2.45) is 0 Å². The molecular formula is C30H47N3O5. The van der Waals surface area contributed by atoms with Crippen LogP contribution in [0.3, 0.4) is 0 Å². The predicted molar refractivity (Wildman–Crippen MR) is 156 cm³/mol. The molecule has 0 amide bonds. The first-order chi connectivity index (χ1) is 18.3. The van der Waals surface area contributed by atoms with Crippen LogP contribution in [0.25, 0.3) is 0 Å². The van der Waals surface area contributed by atoms with Crippen LogP contribution in [0.15, 0.2) is 33.9 Å². The maximum atomic E-state index is 12.6. The third-order valence-electron chi connectivity index (χ3n) is 6.76. The van der Waals surface area contributed by atoms with Gasteiger partial charge in [0.25, 0.3) is 10.9 Å². The zero-order valence-corrected chi connectivity index (χ0v) is 23.8. The van der Waals surface area contributed by atoms with E-state index in [4.69, 9.17) is 4.74 Å². The van der Waals surface area contributed by atoms with Crippen molar-refractivity contribution >= 4 is 17.3 Å². The van der Waals surface area contributed by atoms with Crippen LogP contribution in [-0.4, -0.2) is 62.4 Å². The number of unbranched alkanes of at least 4 members (excludes halogenated alkanes) is 6. The highest BCUT2D eigenvalue weighted by Crippen LogP contribution is 2.24. The quantitative estimate of drug-likeness (QED) is 0.178. The molecule has 0 heterocycles. The van der Waals surface area contributed by atoms with E-state index in [0.717, 1.165) is 75.6 Å². The standard InChI is InChI=1S/C30H47N3O5/c1-5-7-9-11-19-33(20-12-10-8-6-2)27-26(28(34)29(27)35)31-25(30(36)37)22-23-14-16-24(17-15-23)38-21-13-18-32(3)4/h14-17,25,31H,5-13,18-22H2,1-4H3,(H,36,37). The van der Waals surface area contributed by atoms with Crippen molar-refractivity contribution in [3.8, 4) is 5.75 Å². The number of rotatable bonds is 21. The summed E-state index contributed by atoms with van der Waals surface area (Å²) in [6.45, 7) is 7.24. The molecule has 1 unspecified atom stereocenters. The number of ether oxygens (including phenoxy) is 1. The van der Waals surface area contributed by atoms with Crippen LogP contribution in [-0.2, 0) is 11.2 Å². The Labute approximate surface area is 227 Å². The molecule has 8 heteroatoms. The van der Waals surface area contributed by atoms with Gasteiger partial charge in [-0.25, -0.2) is 4.79 Å². The van der Waals surface area contributed by atoms with E-state index >= 15 is 0 Å². The van der Waals surface area contributed by atoms with Gasteiger partial charge in [0.2, 0.25) is 0 Å². The molecule has 0 radical (unpaired) electrons. The van der Waals surface area contributed by atoms with Crippen LogP contribution in [0.2, 0.25) is 0 Å². The van der Waals surface area contributed by atoms with Gasteiger partial charge in [0.1, 0.15) is 23.2 Å². The molecule has 0 saturated carbocycles. The second-order valence-electron chi connectivity index (χ2n) is 10.4. The van der Waals surface area contributed by atoms with Gasteiger partial charge >= 0.3 is 5.97 Å². The Bertz CT molecular complexity index is 1020. The van der Waals surface area contributed by atoms with Crippen LogP contribution < -0.4 is 25.8 Å². The van der Waals surface area contributed by atoms with Crippen LogP contribution in [0, 0.1) is 0 Å². The second kappa shape index (κ2) is 16.9. The molecule has 0 aliphatic rings. The van der Waals surface area contributed by atoms with Gasteiger partial charge in [-0.05, 0) is 51.1 Å². The molecule has 0 aromatic heterocycles. The van der Waals surface area contributed by atoms with Gasteiger partial charge in [-0.1, -0.05) is 64.5 Å². The number of hydrogen-bond donors (Lipinski definition) is 2. The normalized spacial score (nSPS) is 12.1. The van der Waals surface area contributed by atoms with E-state index in [-0.39, 0.29) is 12.1 Å². The zero-order chi connectivity index (χ0) is 27.9. The Hall–Kier alpha value is -2.87. The van der Waals surface area contributed by atoms with Gasteiger partial charge in [0.15, 0.2) is 0 Å². The van der Waals surface area contributed by atoms with Gasteiger partial charge in [-0.3, -0.25) is 9.59 Å². The number of carbonyl (C=O) groups is 1. The van der Waals surface area contributed by atoms with Gasteiger partial charge in [0, 0.05) is 26.1 Å². The fraction of sp³-hybridized carbons (Fsp3) is 0.633. The summed E-state index contributed by atoms with van der Waals surface area (Å²) in [7, 11) is 4.04. The summed E-state index contributed by atoms with van der Waals surface area (Å²) in [5.41, 5.74) is 0.171. The van der Waals surface area contributed by atoms with Crippen molar-refractivity contribution in [3.63, 3.8) is 0 Å². The van der Waals surface area contributed by atoms with E-state index in [2.05, 4.69) is 24.1 Å². The highest BCUT2D eigenvalue weighted by atomic mass is 16.5. The van der Waals surface area contributed by atoms with Gasteiger partial charge in [0.05, 0.1) is 6.61 Å². The lowest BCUT2D eigenvalue weighted by Crippen LogP contribution is -2.46. The highest BCUT2D eigenvalue weighted by Gasteiger charge is 2.29. The number of carboxylic acids is 1. The first kappa shape index (κ1) is 31.3. The van der Waals surface area contributed by atoms with Crippen molar-refractivity contribution in [1.29, 1.82) is 0 Å². The molecule has 212 valence electrons. The van der Waals surface area contributed by atoms with E-state index in [9.17, 15) is 19.5 Å². The van der Waals surface area contributed by atoms with E-state index in [1.165, 1.54) is 0 Å². The topological polar surface area (TPSA) is 99.2 Å². The fourth-order valence-electron chi connectivity index (χ4n) is 4.51. The minimum Gasteiger partial charge on any atom is -0.494 e. The monoisotopic (exact) mass is 529 g/mol. The molecule has 2 aromatic rings. The fourth-order valence-corrected chi connectivity index (χ4v) is 4.51. The van der Waals surface area contributed by atoms with E-state index in [1.807, 2.05) is 43.3 Å². The molecule has 2 N–H and O–H groups in total.